The molecule has 1 heterocycles. The Kier molecular flexibility index (Phi) is 5.66. The molecule has 0 saturated carbocycles. The molecule has 0 saturated heterocycles. The van der Waals surface area contributed by atoms with Crippen LogP contribution in [0.25, 0.3) is 5.57 Å². The molecule has 0 spiro atoms. The Labute approximate surface area is 190 Å². The summed E-state index contributed by atoms with van der Waals surface area (Å²) in [6, 6.07) is 17.9. The van der Waals surface area contributed by atoms with E-state index in [1.54, 1.807) is 43.5 Å². The number of nitrogens with one attached hydrogen (secondary N) is 1. The number of amides is 2. The molecule has 2 amide bonds. The third kappa shape index (κ3) is 4.06. The normalized spacial score (nSPS) is 13.5. The Morgan fingerprint density at radius 1 is 0.879 bits per heavy atom. The number of carbonyl (C=O) groups is 2. The summed E-state index contributed by atoms with van der Waals surface area (Å²) >= 11 is 0. The molecule has 0 aliphatic carbocycles. The third-order valence-electron chi connectivity index (χ3n) is 5.56. The molecular weight excluding hydrogens is 422 g/mol. The molecule has 1 aliphatic heterocycles. The van der Waals surface area contributed by atoms with Gasteiger partial charge in [0, 0.05) is 17.8 Å². The van der Waals surface area contributed by atoms with Crippen molar-refractivity contribution in [2.75, 3.05) is 17.3 Å². The molecule has 4 rings (SSSR count). The quantitative estimate of drug-likeness (QED) is 0.339. The van der Waals surface area contributed by atoms with Crippen LogP contribution >= 0.6 is 0 Å². The van der Waals surface area contributed by atoms with Crippen molar-refractivity contribution in [1.82, 2.24) is 0 Å². The van der Waals surface area contributed by atoms with Gasteiger partial charge in [0.2, 0.25) is 0 Å². The number of hydrogen-bond donors (Lipinski definition) is 1. The van der Waals surface area contributed by atoms with Crippen LogP contribution in [0.4, 0.5) is 17.1 Å². The smallest absolute Gasteiger partial charge is 0.282 e. The maximum absolute atomic E-state index is 13.5. The first-order valence-electron chi connectivity index (χ1n) is 10.2. The zero-order valence-corrected chi connectivity index (χ0v) is 18.3. The molecule has 0 bridgehead atoms. The highest BCUT2D eigenvalue weighted by atomic mass is 16.6. The van der Waals surface area contributed by atoms with E-state index in [-0.39, 0.29) is 17.0 Å². The molecule has 33 heavy (non-hydrogen) atoms. The molecule has 0 atom stereocenters. The van der Waals surface area contributed by atoms with Crippen molar-refractivity contribution >= 4 is 34.4 Å². The number of methoxy groups -OCH3 is 1. The first-order chi connectivity index (χ1) is 15.8. The highest BCUT2D eigenvalue weighted by molar-refractivity contribution is 6.46. The summed E-state index contributed by atoms with van der Waals surface area (Å²) in [7, 11) is 1.55. The summed E-state index contributed by atoms with van der Waals surface area (Å²) in [5, 5.41) is 14.1. The number of nitro benzene ring substituents is 1. The van der Waals surface area contributed by atoms with Gasteiger partial charge in [0.05, 0.1) is 23.3 Å². The van der Waals surface area contributed by atoms with Crippen molar-refractivity contribution in [1.29, 1.82) is 0 Å². The Balaban J connectivity index is 1.80. The van der Waals surface area contributed by atoms with E-state index in [1.807, 2.05) is 19.9 Å². The van der Waals surface area contributed by atoms with Gasteiger partial charge in [0.15, 0.2) is 0 Å². The van der Waals surface area contributed by atoms with Gasteiger partial charge >= 0.3 is 0 Å². The van der Waals surface area contributed by atoms with E-state index in [0.29, 0.717) is 22.7 Å². The first kappa shape index (κ1) is 21.8. The van der Waals surface area contributed by atoms with Crippen molar-refractivity contribution in [3.8, 4) is 5.75 Å². The summed E-state index contributed by atoms with van der Waals surface area (Å²) in [5.41, 5.74) is 3.57. The molecule has 0 unspecified atom stereocenters. The summed E-state index contributed by atoms with van der Waals surface area (Å²) < 4.78 is 5.17. The predicted octanol–water partition coefficient (Wildman–Crippen LogP) is 4.62. The molecular formula is C25H21N3O5. The van der Waals surface area contributed by atoms with Crippen LogP contribution in [-0.2, 0) is 9.59 Å². The van der Waals surface area contributed by atoms with Gasteiger partial charge in [-0.25, -0.2) is 4.90 Å². The van der Waals surface area contributed by atoms with Crippen LogP contribution in [0.15, 0.2) is 72.4 Å². The SMILES string of the molecule is COc1ccc(NC2=C(c3ccc([N+](=O)[O-])cc3)C(=O)N(c3ccc(C)c(C)c3)C2=O)cc1. The number of benzene rings is 3. The Morgan fingerprint density at radius 3 is 2.12 bits per heavy atom. The Morgan fingerprint density at radius 2 is 1.55 bits per heavy atom. The molecule has 1 N–H and O–H groups in total. The van der Waals surface area contributed by atoms with Gasteiger partial charge in [-0.15, -0.1) is 0 Å². The van der Waals surface area contributed by atoms with E-state index in [9.17, 15) is 19.7 Å². The highest BCUT2D eigenvalue weighted by Gasteiger charge is 2.40. The molecule has 3 aromatic rings. The second kappa shape index (κ2) is 8.58. The van der Waals surface area contributed by atoms with E-state index < -0.39 is 16.7 Å². The number of ether oxygens (including phenoxy) is 1. The number of anilines is 2. The van der Waals surface area contributed by atoms with Crippen LogP contribution in [0.3, 0.4) is 0 Å². The highest BCUT2D eigenvalue weighted by Crippen LogP contribution is 2.35. The molecule has 166 valence electrons. The fraction of sp³-hybridized carbons (Fsp3) is 0.120. The maximum Gasteiger partial charge on any atom is 0.282 e. The van der Waals surface area contributed by atoms with Gasteiger partial charge in [-0.1, -0.05) is 6.07 Å². The van der Waals surface area contributed by atoms with E-state index >= 15 is 0 Å². The lowest BCUT2D eigenvalue weighted by atomic mass is 10.0. The minimum atomic E-state index is -0.516. The van der Waals surface area contributed by atoms with Crippen molar-refractivity contribution in [2.24, 2.45) is 0 Å². The fourth-order valence-electron chi connectivity index (χ4n) is 3.58. The Hall–Kier alpha value is -4.46. The number of imide groups is 1. The summed E-state index contributed by atoms with van der Waals surface area (Å²) in [4.78, 5) is 38.6. The average molecular weight is 443 g/mol. The van der Waals surface area contributed by atoms with Gasteiger partial charge in [-0.2, -0.15) is 0 Å². The number of nitrogens with zero attached hydrogens (tertiary/aromatic N) is 2. The third-order valence-corrected chi connectivity index (χ3v) is 5.56. The zero-order chi connectivity index (χ0) is 23.7. The van der Waals surface area contributed by atoms with Crippen molar-refractivity contribution in [3.63, 3.8) is 0 Å². The summed E-state index contributed by atoms with van der Waals surface area (Å²) in [6.07, 6.45) is 0. The summed E-state index contributed by atoms with van der Waals surface area (Å²) in [5.74, 6) is -0.365. The van der Waals surface area contributed by atoms with Crippen LogP contribution < -0.4 is 15.0 Å². The second-order valence-electron chi connectivity index (χ2n) is 7.62. The predicted molar refractivity (Wildman–Crippen MR) is 125 cm³/mol. The number of carbonyl (C=O) groups excluding carboxylic acids is 2. The monoisotopic (exact) mass is 443 g/mol. The first-order valence-corrected chi connectivity index (χ1v) is 10.2. The zero-order valence-electron chi connectivity index (χ0n) is 18.3. The van der Waals surface area contributed by atoms with Crippen LogP contribution in [0.2, 0.25) is 0 Å². The lowest BCUT2D eigenvalue weighted by molar-refractivity contribution is -0.384. The lowest BCUT2D eigenvalue weighted by Crippen LogP contribution is -2.32. The molecule has 0 aromatic heterocycles. The maximum atomic E-state index is 13.5. The van der Waals surface area contributed by atoms with Crippen molar-refractivity contribution in [2.45, 2.75) is 13.8 Å². The van der Waals surface area contributed by atoms with Crippen LogP contribution in [0.1, 0.15) is 16.7 Å². The number of hydrogen-bond acceptors (Lipinski definition) is 6. The number of aryl methyl sites for hydroxylation is 2. The van der Waals surface area contributed by atoms with Gasteiger partial charge < -0.3 is 10.1 Å². The van der Waals surface area contributed by atoms with Crippen molar-refractivity contribution in [3.05, 3.63) is 99.2 Å². The summed E-state index contributed by atoms with van der Waals surface area (Å²) in [6.45, 7) is 3.86. The topological polar surface area (TPSA) is 102 Å². The van der Waals surface area contributed by atoms with E-state index in [2.05, 4.69) is 5.32 Å². The van der Waals surface area contributed by atoms with E-state index in [0.717, 1.165) is 16.0 Å². The van der Waals surface area contributed by atoms with Gasteiger partial charge in [-0.3, -0.25) is 19.7 Å². The standard InChI is InChI=1S/C25H21N3O5/c1-15-4-9-20(14-16(15)2)27-24(29)22(17-5-10-19(11-6-17)28(31)32)23(25(27)30)26-18-7-12-21(33-3)13-8-18/h4-14,26H,1-3H3. The average Bonchev–Trinajstić information content (AvgIpc) is 3.05. The van der Waals surface area contributed by atoms with Crippen LogP contribution in [0, 0.1) is 24.0 Å². The number of rotatable bonds is 6. The van der Waals surface area contributed by atoms with E-state index in [4.69, 9.17) is 4.74 Å². The molecule has 1 aliphatic rings. The minimum Gasteiger partial charge on any atom is -0.497 e. The van der Waals surface area contributed by atoms with Gasteiger partial charge in [0.1, 0.15) is 11.4 Å². The molecule has 3 aromatic carbocycles. The largest absolute Gasteiger partial charge is 0.497 e. The molecule has 0 fully saturated rings. The van der Waals surface area contributed by atoms with Gasteiger partial charge in [-0.05, 0) is 79.1 Å². The second-order valence-corrected chi connectivity index (χ2v) is 7.62. The minimum absolute atomic E-state index is 0.0947. The van der Waals surface area contributed by atoms with E-state index in [1.165, 1.54) is 24.3 Å². The number of nitro groups is 1. The van der Waals surface area contributed by atoms with Crippen LogP contribution in [0.5, 0.6) is 5.75 Å². The molecule has 0 radical (unpaired) electrons. The lowest BCUT2D eigenvalue weighted by Gasteiger charge is -2.17. The number of non-ortho nitro benzene ring substituents is 1. The Bertz CT molecular complexity index is 1290. The van der Waals surface area contributed by atoms with Crippen LogP contribution in [-0.4, -0.2) is 23.8 Å². The molecule has 8 nitrogen and oxygen atoms in total. The van der Waals surface area contributed by atoms with Gasteiger partial charge in [0.25, 0.3) is 17.5 Å². The fourth-order valence-corrected chi connectivity index (χ4v) is 3.58. The van der Waals surface area contributed by atoms with Crippen molar-refractivity contribution < 1.29 is 19.2 Å². The molecule has 8 heteroatoms.